The molecule has 0 aromatic carbocycles. The number of aromatic nitrogens is 1. The molecule has 16 heavy (non-hydrogen) atoms. The molecular formula is C11H17N3S2. The minimum atomic E-state index is 0.720. The number of hydrogen-bond acceptors (Lipinski definition) is 5. The largest absolute Gasteiger partial charge is 0.365 e. The van der Waals surface area contributed by atoms with Gasteiger partial charge in [0, 0.05) is 36.3 Å². The average molecular weight is 255 g/mol. The summed E-state index contributed by atoms with van der Waals surface area (Å²) in [6, 6.07) is 0. The van der Waals surface area contributed by atoms with Gasteiger partial charge in [0.2, 0.25) is 0 Å². The molecule has 1 aliphatic heterocycles. The Bertz CT molecular complexity index is 373. The number of thiazole rings is 1. The Balaban J connectivity index is 1.72. The standard InChI is InChI=1S/C11H17N3S2/c1-8-5-13-11(16-6-8)12-4-3-10-14-9(2)7-15-10/h7-8H,3-6H2,1-2H3,(H,12,13). The Kier molecular flexibility index (Phi) is 4.23. The maximum Gasteiger partial charge on any atom is 0.156 e. The van der Waals surface area contributed by atoms with Gasteiger partial charge in [-0.3, -0.25) is 4.99 Å². The Hall–Kier alpha value is -0.550. The molecule has 1 aromatic rings. The summed E-state index contributed by atoms with van der Waals surface area (Å²) >= 11 is 3.57. The molecule has 1 atom stereocenters. The van der Waals surface area contributed by atoms with Gasteiger partial charge in [0.25, 0.3) is 0 Å². The topological polar surface area (TPSA) is 37.3 Å². The molecule has 2 heterocycles. The molecule has 1 unspecified atom stereocenters. The minimum absolute atomic E-state index is 0.720. The summed E-state index contributed by atoms with van der Waals surface area (Å²) in [5.41, 5.74) is 1.12. The van der Waals surface area contributed by atoms with Gasteiger partial charge >= 0.3 is 0 Å². The first kappa shape index (κ1) is 11.9. The quantitative estimate of drug-likeness (QED) is 0.900. The Labute approximate surface area is 105 Å². The highest BCUT2D eigenvalue weighted by atomic mass is 32.2. The van der Waals surface area contributed by atoms with Gasteiger partial charge in [-0.2, -0.15) is 0 Å². The van der Waals surface area contributed by atoms with Crippen LogP contribution in [0.3, 0.4) is 0 Å². The van der Waals surface area contributed by atoms with E-state index >= 15 is 0 Å². The van der Waals surface area contributed by atoms with E-state index in [9.17, 15) is 0 Å². The number of nitrogens with one attached hydrogen (secondary N) is 1. The van der Waals surface area contributed by atoms with E-state index in [0.717, 1.165) is 36.3 Å². The number of aliphatic imine (C=N–C) groups is 1. The summed E-state index contributed by atoms with van der Waals surface area (Å²) in [7, 11) is 0. The lowest BCUT2D eigenvalue weighted by Crippen LogP contribution is -2.27. The summed E-state index contributed by atoms with van der Waals surface area (Å²) < 4.78 is 0. The number of nitrogens with zero attached hydrogens (tertiary/aromatic N) is 2. The van der Waals surface area contributed by atoms with Crippen molar-refractivity contribution in [1.29, 1.82) is 0 Å². The second-order valence-corrected chi connectivity index (χ2v) is 6.07. The summed E-state index contributed by atoms with van der Waals surface area (Å²) in [5, 5.41) is 7.79. The normalized spacial score (nSPS) is 20.6. The van der Waals surface area contributed by atoms with E-state index in [1.165, 1.54) is 10.8 Å². The van der Waals surface area contributed by atoms with E-state index in [2.05, 4.69) is 27.6 Å². The zero-order valence-electron chi connectivity index (χ0n) is 9.69. The molecule has 1 aliphatic rings. The summed E-state index contributed by atoms with van der Waals surface area (Å²) in [6.45, 7) is 6.18. The van der Waals surface area contributed by atoms with Crippen molar-refractivity contribution in [3.05, 3.63) is 16.1 Å². The van der Waals surface area contributed by atoms with Gasteiger partial charge in [-0.1, -0.05) is 18.7 Å². The summed E-state index contributed by atoms with van der Waals surface area (Å²) in [6.07, 6.45) is 0.994. The molecule has 88 valence electrons. The summed E-state index contributed by atoms with van der Waals surface area (Å²) in [5.74, 6) is 1.90. The summed E-state index contributed by atoms with van der Waals surface area (Å²) in [4.78, 5) is 8.94. The molecule has 0 amide bonds. The Morgan fingerprint density at radius 2 is 2.44 bits per heavy atom. The third-order valence-electron chi connectivity index (χ3n) is 2.33. The molecule has 0 saturated carbocycles. The van der Waals surface area contributed by atoms with Crippen LogP contribution < -0.4 is 5.32 Å². The zero-order chi connectivity index (χ0) is 11.4. The highest BCUT2D eigenvalue weighted by Gasteiger charge is 2.11. The Morgan fingerprint density at radius 1 is 1.56 bits per heavy atom. The SMILES string of the molecule is Cc1csc(CCNC2=NCC(C)CS2)n1. The van der Waals surface area contributed by atoms with E-state index < -0.39 is 0 Å². The molecule has 1 aromatic heterocycles. The second-order valence-electron chi connectivity index (χ2n) is 4.12. The first-order valence-corrected chi connectivity index (χ1v) is 7.42. The predicted octanol–water partition coefficient (Wildman–Crippen LogP) is 2.32. The lowest BCUT2D eigenvalue weighted by molar-refractivity contribution is 0.669. The molecule has 1 N–H and O–H groups in total. The third-order valence-corrected chi connectivity index (χ3v) is 4.64. The van der Waals surface area contributed by atoms with Crippen LogP contribution in [0.25, 0.3) is 0 Å². The van der Waals surface area contributed by atoms with Crippen molar-refractivity contribution in [2.45, 2.75) is 20.3 Å². The second kappa shape index (κ2) is 5.68. The lowest BCUT2D eigenvalue weighted by Gasteiger charge is -2.17. The third kappa shape index (κ3) is 3.49. The van der Waals surface area contributed by atoms with Crippen LogP contribution in [-0.4, -0.2) is 29.0 Å². The van der Waals surface area contributed by atoms with Gasteiger partial charge in [-0.25, -0.2) is 4.98 Å². The van der Waals surface area contributed by atoms with Crippen LogP contribution in [0.15, 0.2) is 10.4 Å². The molecule has 0 fully saturated rings. The highest BCUT2D eigenvalue weighted by Crippen LogP contribution is 2.15. The van der Waals surface area contributed by atoms with Crippen LogP contribution in [0.4, 0.5) is 0 Å². The van der Waals surface area contributed by atoms with Crippen LogP contribution >= 0.6 is 23.1 Å². The van der Waals surface area contributed by atoms with Crippen molar-refractivity contribution < 1.29 is 0 Å². The number of thioether (sulfide) groups is 1. The van der Waals surface area contributed by atoms with E-state index in [4.69, 9.17) is 0 Å². The van der Waals surface area contributed by atoms with Crippen LogP contribution in [0, 0.1) is 12.8 Å². The van der Waals surface area contributed by atoms with E-state index in [0.29, 0.717) is 0 Å². The van der Waals surface area contributed by atoms with Crippen molar-refractivity contribution in [2.24, 2.45) is 10.9 Å². The van der Waals surface area contributed by atoms with Crippen LogP contribution in [0.1, 0.15) is 17.6 Å². The smallest absolute Gasteiger partial charge is 0.156 e. The lowest BCUT2D eigenvalue weighted by atomic mass is 10.2. The molecule has 2 rings (SSSR count). The predicted molar refractivity (Wildman–Crippen MR) is 72.5 cm³/mol. The molecule has 0 saturated heterocycles. The van der Waals surface area contributed by atoms with Gasteiger partial charge in [0.05, 0.1) is 5.01 Å². The minimum Gasteiger partial charge on any atom is -0.365 e. The van der Waals surface area contributed by atoms with Crippen LogP contribution in [-0.2, 0) is 6.42 Å². The Morgan fingerprint density at radius 3 is 3.06 bits per heavy atom. The monoisotopic (exact) mass is 255 g/mol. The van der Waals surface area contributed by atoms with E-state index in [1.54, 1.807) is 11.3 Å². The van der Waals surface area contributed by atoms with Crippen molar-refractivity contribution in [2.75, 3.05) is 18.8 Å². The van der Waals surface area contributed by atoms with Crippen molar-refractivity contribution in [3.63, 3.8) is 0 Å². The zero-order valence-corrected chi connectivity index (χ0v) is 11.3. The first-order chi connectivity index (χ1) is 7.74. The number of rotatable bonds is 3. The van der Waals surface area contributed by atoms with Gasteiger partial charge < -0.3 is 5.32 Å². The molecule has 0 aliphatic carbocycles. The number of amidine groups is 1. The van der Waals surface area contributed by atoms with Crippen molar-refractivity contribution >= 4 is 28.3 Å². The average Bonchev–Trinajstić information content (AvgIpc) is 2.67. The van der Waals surface area contributed by atoms with E-state index in [1.807, 2.05) is 18.7 Å². The van der Waals surface area contributed by atoms with Gasteiger partial charge in [0.15, 0.2) is 5.17 Å². The fourth-order valence-corrected chi connectivity index (χ4v) is 3.15. The number of aryl methyl sites for hydroxylation is 1. The molecule has 0 radical (unpaired) electrons. The molecular weight excluding hydrogens is 238 g/mol. The maximum absolute atomic E-state index is 4.50. The molecule has 0 spiro atoms. The maximum atomic E-state index is 4.50. The fourth-order valence-electron chi connectivity index (χ4n) is 1.46. The first-order valence-electron chi connectivity index (χ1n) is 5.56. The molecule has 5 heteroatoms. The van der Waals surface area contributed by atoms with Crippen LogP contribution in [0.5, 0.6) is 0 Å². The highest BCUT2D eigenvalue weighted by molar-refractivity contribution is 8.13. The van der Waals surface area contributed by atoms with Crippen molar-refractivity contribution in [3.8, 4) is 0 Å². The van der Waals surface area contributed by atoms with Gasteiger partial charge in [0.1, 0.15) is 0 Å². The fraction of sp³-hybridized carbons (Fsp3) is 0.636. The van der Waals surface area contributed by atoms with Crippen LogP contribution in [0.2, 0.25) is 0 Å². The molecule has 3 nitrogen and oxygen atoms in total. The van der Waals surface area contributed by atoms with Gasteiger partial charge in [-0.05, 0) is 12.8 Å². The number of hydrogen-bond donors (Lipinski definition) is 1. The van der Waals surface area contributed by atoms with Crippen molar-refractivity contribution in [1.82, 2.24) is 10.3 Å². The van der Waals surface area contributed by atoms with E-state index in [-0.39, 0.29) is 0 Å². The van der Waals surface area contributed by atoms with Gasteiger partial charge in [-0.15, -0.1) is 11.3 Å². The molecule has 0 bridgehead atoms.